The first-order valence-corrected chi connectivity index (χ1v) is 11.7. The highest BCUT2D eigenvalue weighted by atomic mass is 32.2. The van der Waals surface area contributed by atoms with Crippen LogP contribution >= 0.6 is 0 Å². The van der Waals surface area contributed by atoms with E-state index in [4.69, 9.17) is 0 Å². The van der Waals surface area contributed by atoms with E-state index in [1.165, 1.54) is 4.31 Å². The Labute approximate surface area is 180 Å². The maximum Gasteiger partial charge on any atom is 0.243 e. The molecule has 1 saturated heterocycles. The highest BCUT2D eigenvalue weighted by Gasteiger charge is 2.31. The summed E-state index contributed by atoms with van der Waals surface area (Å²) < 4.78 is 27.1. The summed E-state index contributed by atoms with van der Waals surface area (Å²) in [6.07, 6.45) is 0. The molecule has 0 atom stereocenters. The van der Waals surface area contributed by atoms with Gasteiger partial charge in [-0.25, -0.2) is 8.42 Å². The van der Waals surface area contributed by atoms with E-state index in [1.54, 1.807) is 30.3 Å². The quantitative estimate of drug-likeness (QED) is 0.709. The summed E-state index contributed by atoms with van der Waals surface area (Å²) in [4.78, 5) is 17.4. The van der Waals surface area contributed by atoms with Crippen LogP contribution in [0.2, 0.25) is 0 Å². The van der Waals surface area contributed by atoms with Gasteiger partial charge in [-0.1, -0.05) is 48.5 Å². The van der Waals surface area contributed by atoms with Crippen molar-refractivity contribution in [2.75, 3.05) is 32.7 Å². The van der Waals surface area contributed by atoms with Gasteiger partial charge in [-0.15, -0.1) is 0 Å². The molecule has 0 bridgehead atoms. The first-order valence-electron chi connectivity index (χ1n) is 10.3. The summed E-state index contributed by atoms with van der Waals surface area (Å²) in [6.45, 7) is 8.84. The number of amides is 1. The summed E-state index contributed by atoms with van der Waals surface area (Å²) in [6, 6.07) is 18.5. The van der Waals surface area contributed by atoms with Crippen LogP contribution in [0.1, 0.15) is 26.3 Å². The zero-order valence-electron chi connectivity index (χ0n) is 18.0. The molecule has 30 heavy (non-hydrogen) atoms. The maximum absolute atomic E-state index is 13.1. The average molecular weight is 430 g/mol. The van der Waals surface area contributed by atoms with Crippen molar-refractivity contribution in [3.63, 3.8) is 0 Å². The van der Waals surface area contributed by atoms with Gasteiger partial charge >= 0.3 is 0 Å². The number of sulfonamides is 1. The Morgan fingerprint density at radius 2 is 1.43 bits per heavy atom. The van der Waals surface area contributed by atoms with Gasteiger partial charge in [0.25, 0.3) is 0 Å². The molecule has 1 heterocycles. The summed E-state index contributed by atoms with van der Waals surface area (Å²) in [5.41, 5.74) is 0.797. The van der Waals surface area contributed by atoms with Crippen molar-refractivity contribution < 1.29 is 13.2 Å². The number of benzene rings is 2. The van der Waals surface area contributed by atoms with Crippen LogP contribution in [0.4, 0.5) is 0 Å². The number of nitrogens with zero attached hydrogens (tertiary/aromatic N) is 3. The molecule has 1 aliphatic heterocycles. The van der Waals surface area contributed by atoms with Crippen molar-refractivity contribution in [2.45, 2.75) is 37.8 Å². The fourth-order valence-corrected chi connectivity index (χ4v) is 5.05. The molecular weight excluding hydrogens is 398 g/mol. The Balaban J connectivity index is 1.61. The SMILES string of the molecule is CC(C)(C)N(Cc1ccccc1)C(=O)CN1CCN(S(=O)(=O)c2ccccc2)CC1. The molecule has 3 rings (SSSR count). The highest BCUT2D eigenvalue weighted by Crippen LogP contribution is 2.20. The third kappa shape index (κ3) is 5.47. The van der Waals surface area contributed by atoms with Gasteiger partial charge in [-0.05, 0) is 38.5 Å². The Hall–Kier alpha value is -2.22. The van der Waals surface area contributed by atoms with E-state index in [9.17, 15) is 13.2 Å². The number of piperazine rings is 1. The number of carbonyl (C=O) groups is 1. The molecule has 1 fully saturated rings. The zero-order chi connectivity index (χ0) is 21.8. The van der Waals surface area contributed by atoms with Crippen molar-refractivity contribution >= 4 is 15.9 Å². The predicted molar refractivity (Wildman–Crippen MR) is 118 cm³/mol. The minimum atomic E-state index is -3.48. The molecule has 2 aromatic rings. The third-order valence-corrected chi connectivity index (χ3v) is 7.28. The van der Waals surface area contributed by atoms with Crippen LogP contribution in [0.3, 0.4) is 0 Å². The number of rotatable bonds is 6. The lowest BCUT2D eigenvalue weighted by Gasteiger charge is -2.39. The van der Waals surface area contributed by atoms with Crippen molar-refractivity contribution in [1.82, 2.24) is 14.1 Å². The minimum Gasteiger partial charge on any atom is -0.332 e. The molecule has 162 valence electrons. The molecule has 0 saturated carbocycles. The van der Waals surface area contributed by atoms with Crippen LogP contribution in [-0.4, -0.2) is 66.7 Å². The zero-order valence-corrected chi connectivity index (χ0v) is 18.8. The van der Waals surface area contributed by atoms with Crippen LogP contribution in [0, 0.1) is 0 Å². The van der Waals surface area contributed by atoms with E-state index < -0.39 is 10.0 Å². The van der Waals surface area contributed by atoms with Gasteiger partial charge in [0, 0.05) is 38.3 Å². The monoisotopic (exact) mass is 429 g/mol. The topological polar surface area (TPSA) is 60.9 Å². The van der Waals surface area contributed by atoms with Gasteiger partial charge in [-0.2, -0.15) is 4.31 Å². The fourth-order valence-electron chi connectivity index (χ4n) is 3.61. The molecule has 6 nitrogen and oxygen atoms in total. The number of carbonyl (C=O) groups excluding carboxylic acids is 1. The van der Waals surface area contributed by atoms with Gasteiger partial charge in [0.15, 0.2) is 0 Å². The molecule has 0 aromatic heterocycles. The third-order valence-electron chi connectivity index (χ3n) is 5.37. The van der Waals surface area contributed by atoms with Crippen LogP contribution in [-0.2, 0) is 21.4 Å². The molecule has 0 aliphatic carbocycles. The molecule has 0 N–H and O–H groups in total. The molecule has 7 heteroatoms. The van der Waals surface area contributed by atoms with Gasteiger partial charge in [0.05, 0.1) is 11.4 Å². The maximum atomic E-state index is 13.1. The Morgan fingerprint density at radius 1 is 0.900 bits per heavy atom. The molecule has 2 aromatic carbocycles. The summed E-state index contributed by atoms with van der Waals surface area (Å²) in [5.74, 6) is 0.0609. The van der Waals surface area contributed by atoms with Gasteiger partial charge in [0.1, 0.15) is 0 Å². The second-order valence-electron chi connectivity index (χ2n) is 8.63. The smallest absolute Gasteiger partial charge is 0.243 e. The molecule has 1 amide bonds. The van der Waals surface area contributed by atoms with Crippen molar-refractivity contribution in [2.24, 2.45) is 0 Å². The standard InChI is InChI=1S/C23H31N3O3S/c1-23(2,3)26(18-20-10-6-4-7-11-20)22(27)19-24-14-16-25(17-15-24)30(28,29)21-12-8-5-9-13-21/h4-13H,14-19H2,1-3H3. The Kier molecular flexibility index (Phi) is 6.95. The van der Waals surface area contributed by atoms with Crippen molar-refractivity contribution in [3.05, 3.63) is 66.2 Å². The molecule has 0 radical (unpaired) electrons. The van der Waals surface area contributed by atoms with Crippen LogP contribution < -0.4 is 0 Å². The average Bonchev–Trinajstić information content (AvgIpc) is 2.73. The fraction of sp³-hybridized carbons (Fsp3) is 0.435. The summed E-state index contributed by atoms with van der Waals surface area (Å²) >= 11 is 0. The second kappa shape index (κ2) is 9.29. The molecule has 0 unspecified atom stereocenters. The van der Waals surface area contributed by atoms with Crippen molar-refractivity contribution in [3.8, 4) is 0 Å². The second-order valence-corrected chi connectivity index (χ2v) is 10.6. The van der Waals surface area contributed by atoms with Crippen LogP contribution in [0.25, 0.3) is 0 Å². The largest absolute Gasteiger partial charge is 0.332 e. The summed E-state index contributed by atoms with van der Waals surface area (Å²) in [5, 5.41) is 0. The highest BCUT2D eigenvalue weighted by molar-refractivity contribution is 7.89. The van der Waals surface area contributed by atoms with E-state index in [0.717, 1.165) is 5.56 Å². The van der Waals surface area contributed by atoms with E-state index in [1.807, 2.05) is 60.9 Å². The van der Waals surface area contributed by atoms with E-state index in [-0.39, 0.29) is 11.4 Å². The molecule has 1 aliphatic rings. The number of hydrogen-bond donors (Lipinski definition) is 0. The van der Waals surface area contributed by atoms with Crippen LogP contribution in [0.5, 0.6) is 0 Å². The lowest BCUT2D eigenvalue weighted by Crippen LogP contribution is -2.53. The Bertz CT molecular complexity index is 933. The van der Waals surface area contributed by atoms with E-state index in [2.05, 4.69) is 0 Å². The Morgan fingerprint density at radius 3 is 1.97 bits per heavy atom. The predicted octanol–water partition coefficient (Wildman–Crippen LogP) is 2.82. The van der Waals surface area contributed by atoms with Crippen LogP contribution in [0.15, 0.2) is 65.6 Å². The molecule has 0 spiro atoms. The lowest BCUT2D eigenvalue weighted by molar-refractivity contribution is -0.138. The number of hydrogen-bond acceptors (Lipinski definition) is 4. The minimum absolute atomic E-state index is 0.0609. The van der Waals surface area contributed by atoms with Gasteiger partial charge < -0.3 is 4.90 Å². The van der Waals surface area contributed by atoms with Gasteiger partial charge in [0.2, 0.25) is 15.9 Å². The first-order chi connectivity index (χ1) is 14.2. The lowest BCUT2D eigenvalue weighted by atomic mass is 10.0. The van der Waals surface area contributed by atoms with E-state index >= 15 is 0 Å². The normalized spacial score (nSPS) is 16.4. The van der Waals surface area contributed by atoms with Crippen molar-refractivity contribution in [1.29, 1.82) is 0 Å². The van der Waals surface area contributed by atoms with Gasteiger partial charge in [-0.3, -0.25) is 9.69 Å². The first kappa shape index (κ1) is 22.5. The van der Waals surface area contributed by atoms with E-state index in [0.29, 0.717) is 44.2 Å². The molecular formula is C23H31N3O3S. The summed E-state index contributed by atoms with van der Waals surface area (Å²) in [7, 11) is -3.48.